The van der Waals surface area contributed by atoms with Crippen molar-refractivity contribution >= 4 is 35.1 Å². The molecule has 0 amide bonds. The van der Waals surface area contributed by atoms with Gasteiger partial charge in [-0.15, -0.1) is 0 Å². The van der Waals surface area contributed by atoms with Gasteiger partial charge in [-0.25, -0.2) is 0 Å². The summed E-state index contributed by atoms with van der Waals surface area (Å²) in [6.45, 7) is 1.54. The van der Waals surface area contributed by atoms with E-state index in [0.29, 0.717) is 10.6 Å². The lowest BCUT2D eigenvalue weighted by molar-refractivity contribution is -0.152. The summed E-state index contributed by atoms with van der Waals surface area (Å²) in [6, 6.07) is 4.56. The van der Waals surface area contributed by atoms with Crippen LogP contribution in [-0.4, -0.2) is 22.2 Å². The van der Waals surface area contributed by atoms with E-state index in [9.17, 15) is 19.8 Å². The van der Waals surface area contributed by atoms with Crippen LogP contribution in [0.5, 0.6) is 0 Å². The topological polar surface area (TPSA) is 74.6 Å². The molecule has 0 radical (unpaired) electrons. The number of aliphatic carboxylic acids is 2. The van der Waals surface area contributed by atoms with Gasteiger partial charge in [0.1, 0.15) is 5.41 Å². The molecular weight excluding hydrogens is 315 g/mol. The normalized spacial score (nSPS) is 28.3. The van der Waals surface area contributed by atoms with E-state index in [1.165, 1.54) is 25.1 Å². The number of carboxylic acid groups (broad SMARTS) is 2. The highest BCUT2D eigenvalue weighted by molar-refractivity contribution is 6.34. The van der Waals surface area contributed by atoms with Crippen molar-refractivity contribution in [2.75, 3.05) is 0 Å². The highest BCUT2D eigenvalue weighted by atomic mass is 35.5. The quantitative estimate of drug-likeness (QED) is 0.828. The molecule has 1 aromatic carbocycles. The molecule has 0 saturated heterocycles. The van der Waals surface area contributed by atoms with Crippen molar-refractivity contribution < 1.29 is 19.8 Å². The molecule has 1 aromatic rings. The van der Waals surface area contributed by atoms with Crippen LogP contribution in [0.4, 0.5) is 0 Å². The number of benzene rings is 1. The second-order valence-electron chi connectivity index (χ2n) is 5.55. The fourth-order valence-electron chi connectivity index (χ4n) is 2.72. The molecule has 2 atom stereocenters. The molecule has 2 N–H and O–H groups in total. The van der Waals surface area contributed by atoms with Crippen LogP contribution in [0.25, 0.3) is 0 Å². The van der Waals surface area contributed by atoms with Crippen molar-refractivity contribution in [3.63, 3.8) is 0 Å². The Morgan fingerprint density at radius 3 is 2.43 bits per heavy atom. The first-order chi connectivity index (χ1) is 9.71. The van der Waals surface area contributed by atoms with E-state index in [0.717, 1.165) is 0 Å². The summed E-state index contributed by atoms with van der Waals surface area (Å²) in [5, 5.41) is 19.7. The summed E-state index contributed by atoms with van der Waals surface area (Å²) >= 11 is 12.1. The van der Waals surface area contributed by atoms with Crippen LogP contribution >= 0.6 is 23.2 Å². The second-order valence-corrected chi connectivity index (χ2v) is 6.39. The van der Waals surface area contributed by atoms with Crippen molar-refractivity contribution in [3.05, 3.63) is 46.0 Å². The molecule has 21 heavy (non-hydrogen) atoms. The van der Waals surface area contributed by atoms with Crippen molar-refractivity contribution in [1.82, 2.24) is 0 Å². The number of halogens is 2. The number of carbonyl (C=O) groups is 2. The van der Waals surface area contributed by atoms with Gasteiger partial charge in [0.2, 0.25) is 0 Å². The van der Waals surface area contributed by atoms with E-state index in [4.69, 9.17) is 23.2 Å². The zero-order valence-electron chi connectivity index (χ0n) is 11.3. The molecule has 0 fully saturated rings. The predicted molar refractivity (Wildman–Crippen MR) is 79.9 cm³/mol. The summed E-state index contributed by atoms with van der Waals surface area (Å²) in [5.74, 6) is -2.18. The maximum absolute atomic E-state index is 11.9. The lowest BCUT2D eigenvalue weighted by Crippen LogP contribution is -2.44. The summed E-state index contributed by atoms with van der Waals surface area (Å²) in [7, 11) is 0. The van der Waals surface area contributed by atoms with Gasteiger partial charge < -0.3 is 10.2 Å². The summed E-state index contributed by atoms with van der Waals surface area (Å²) in [4.78, 5) is 23.4. The molecule has 112 valence electrons. The smallest absolute Gasteiger partial charge is 0.318 e. The van der Waals surface area contributed by atoms with Crippen molar-refractivity contribution in [3.8, 4) is 0 Å². The van der Waals surface area contributed by atoms with Gasteiger partial charge >= 0.3 is 11.9 Å². The van der Waals surface area contributed by atoms with E-state index in [2.05, 4.69) is 0 Å². The summed E-state index contributed by atoms with van der Waals surface area (Å²) in [6.07, 6.45) is 3.29. The Bertz CT molecular complexity index is 641. The van der Waals surface area contributed by atoms with Gasteiger partial charge in [-0.05, 0) is 43.5 Å². The van der Waals surface area contributed by atoms with Crippen molar-refractivity contribution in [2.24, 2.45) is 5.41 Å². The first kappa shape index (κ1) is 15.9. The Labute approximate surface area is 132 Å². The lowest BCUT2D eigenvalue weighted by atomic mass is 9.63. The second kappa shape index (κ2) is 5.35. The van der Waals surface area contributed by atoms with Gasteiger partial charge in [0.15, 0.2) is 0 Å². The average molecular weight is 329 g/mol. The number of carboxylic acids is 2. The van der Waals surface area contributed by atoms with E-state index >= 15 is 0 Å². The third-order valence-corrected chi connectivity index (χ3v) is 4.51. The number of hydrogen-bond donors (Lipinski definition) is 2. The Morgan fingerprint density at radius 1 is 1.19 bits per heavy atom. The molecule has 2 unspecified atom stereocenters. The molecule has 0 spiro atoms. The molecule has 1 aliphatic rings. The van der Waals surface area contributed by atoms with Crippen LogP contribution in [0.3, 0.4) is 0 Å². The predicted octanol–water partition coefficient (Wildman–Crippen LogP) is 3.76. The molecular formula is C15H14Cl2O4. The number of hydrogen-bond acceptors (Lipinski definition) is 2. The minimum atomic E-state index is -1.49. The van der Waals surface area contributed by atoms with E-state index in [1.54, 1.807) is 12.1 Å². The van der Waals surface area contributed by atoms with Gasteiger partial charge in [-0.2, -0.15) is 0 Å². The maximum atomic E-state index is 11.9. The van der Waals surface area contributed by atoms with Gasteiger partial charge in [0.05, 0.1) is 5.41 Å². The molecule has 0 aliphatic heterocycles. The van der Waals surface area contributed by atoms with E-state index < -0.39 is 22.8 Å². The first-order valence-electron chi connectivity index (χ1n) is 6.31. The Balaban J connectivity index is 2.65. The standard InChI is InChI=1S/C15H14Cl2O4/c1-14(12(18)19)5-2-6-15(8-14,13(20)21)10-7-9(16)3-4-11(10)17/h2-4,6-7H,5,8H2,1H3,(H,18,19)(H,20,21). The van der Waals surface area contributed by atoms with Crippen molar-refractivity contribution in [1.29, 1.82) is 0 Å². The lowest BCUT2D eigenvalue weighted by Gasteiger charge is -2.38. The molecule has 0 aromatic heterocycles. The van der Waals surface area contributed by atoms with Crippen LogP contribution < -0.4 is 0 Å². The minimum Gasteiger partial charge on any atom is -0.481 e. The molecule has 2 rings (SSSR count). The molecule has 1 aliphatic carbocycles. The molecule has 6 heteroatoms. The number of allylic oxidation sites excluding steroid dienone is 1. The highest BCUT2D eigenvalue weighted by Crippen LogP contribution is 2.47. The zero-order valence-corrected chi connectivity index (χ0v) is 12.8. The molecule has 0 bridgehead atoms. The van der Waals surface area contributed by atoms with Gasteiger partial charge in [0.25, 0.3) is 0 Å². The summed E-state index contributed by atoms with van der Waals surface area (Å²) in [5.41, 5.74) is -2.35. The van der Waals surface area contributed by atoms with Crippen LogP contribution in [0.2, 0.25) is 10.0 Å². The Morgan fingerprint density at radius 2 is 1.86 bits per heavy atom. The average Bonchev–Trinajstić information content (AvgIpc) is 2.41. The third-order valence-electron chi connectivity index (χ3n) is 3.95. The van der Waals surface area contributed by atoms with Gasteiger partial charge in [0, 0.05) is 10.0 Å². The summed E-state index contributed by atoms with van der Waals surface area (Å²) < 4.78 is 0. The van der Waals surface area contributed by atoms with E-state index in [-0.39, 0.29) is 17.9 Å². The molecule has 0 saturated carbocycles. The van der Waals surface area contributed by atoms with Crippen molar-refractivity contribution in [2.45, 2.75) is 25.2 Å². The fourth-order valence-corrected chi connectivity index (χ4v) is 3.17. The van der Waals surface area contributed by atoms with Crippen LogP contribution in [0.1, 0.15) is 25.3 Å². The van der Waals surface area contributed by atoms with Crippen LogP contribution in [-0.2, 0) is 15.0 Å². The van der Waals surface area contributed by atoms with E-state index in [1.807, 2.05) is 0 Å². The van der Waals surface area contributed by atoms with Crippen LogP contribution in [0, 0.1) is 5.41 Å². The third kappa shape index (κ3) is 2.65. The molecule has 0 heterocycles. The SMILES string of the molecule is CC1(C(=O)O)CC=CC(C(=O)O)(c2cc(Cl)ccc2Cl)C1. The largest absolute Gasteiger partial charge is 0.481 e. The monoisotopic (exact) mass is 328 g/mol. The Kier molecular flexibility index (Phi) is 4.04. The maximum Gasteiger partial charge on any atom is 0.318 e. The van der Waals surface area contributed by atoms with Gasteiger partial charge in [-0.1, -0.05) is 35.4 Å². The molecule has 4 nitrogen and oxygen atoms in total. The first-order valence-corrected chi connectivity index (χ1v) is 7.07. The van der Waals surface area contributed by atoms with Crippen LogP contribution in [0.15, 0.2) is 30.4 Å². The van der Waals surface area contributed by atoms with Gasteiger partial charge in [-0.3, -0.25) is 9.59 Å². The minimum absolute atomic E-state index is 0.0821. The Hall–Kier alpha value is -1.52. The zero-order chi connectivity index (χ0) is 15.8. The number of rotatable bonds is 3. The fraction of sp³-hybridized carbons (Fsp3) is 0.333. The highest BCUT2D eigenvalue weighted by Gasteiger charge is 2.50.